The third-order valence-corrected chi connectivity index (χ3v) is 3.96. The number of benzene rings is 1. The normalized spacial score (nSPS) is 22.9. The topological polar surface area (TPSA) is 58.9 Å². The predicted octanol–water partition coefficient (Wildman–Crippen LogP) is 3.12. The monoisotopic (exact) mass is 297 g/mol. The number of carbonyl (C=O) groups is 1. The highest BCUT2D eigenvalue weighted by atomic mass is 19.1. The first-order chi connectivity index (χ1) is 10.1. The standard InChI is InChI=1S/C15H17F2NO3/c1-21-15(19)10-4-2-9(3-5-10)14(18-20)12-7-6-11(16)8-13(12)17/h6-10,20H,2-5H2,1H3/b18-14-/t9-,10-. The number of esters is 1. The molecule has 0 saturated heterocycles. The number of rotatable bonds is 3. The van der Waals surface area contributed by atoms with E-state index in [0.29, 0.717) is 25.7 Å². The molecule has 114 valence electrons. The van der Waals surface area contributed by atoms with Crippen LogP contribution in [0.1, 0.15) is 31.2 Å². The minimum Gasteiger partial charge on any atom is -0.469 e. The molecule has 0 atom stereocenters. The quantitative estimate of drug-likeness (QED) is 0.403. The van der Waals surface area contributed by atoms with Crippen molar-refractivity contribution in [3.63, 3.8) is 0 Å². The minimum absolute atomic E-state index is 0.0976. The Labute approximate surface area is 121 Å². The summed E-state index contributed by atoms with van der Waals surface area (Å²) in [5.74, 6) is -2.00. The lowest BCUT2D eigenvalue weighted by molar-refractivity contribution is -0.146. The van der Waals surface area contributed by atoms with E-state index in [1.807, 2.05) is 0 Å². The second kappa shape index (κ2) is 6.65. The lowest BCUT2D eigenvalue weighted by Gasteiger charge is -2.27. The maximum Gasteiger partial charge on any atom is 0.308 e. The van der Waals surface area contributed by atoms with Crippen molar-refractivity contribution in [2.75, 3.05) is 7.11 Å². The van der Waals surface area contributed by atoms with Crippen LogP contribution < -0.4 is 0 Å². The van der Waals surface area contributed by atoms with Crippen LogP contribution >= 0.6 is 0 Å². The summed E-state index contributed by atoms with van der Waals surface area (Å²) in [5, 5.41) is 12.4. The maximum atomic E-state index is 13.8. The van der Waals surface area contributed by atoms with Gasteiger partial charge in [-0.05, 0) is 37.8 Å². The minimum atomic E-state index is -0.752. The molecule has 21 heavy (non-hydrogen) atoms. The number of halogens is 2. The van der Waals surface area contributed by atoms with Gasteiger partial charge in [0.1, 0.15) is 11.6 Å². The van der Waals surface area contributed by atoms with Gasteiger partial charge in [-0.2, -0.15) is 0 Å². The molecule has 0 heterocycles. The van der Waals surface area contributed by atoms with E-state index in [-0.39, 0.29) is 29.1 Å². The van der Waals surface area contributed by atoms with Gasteiger partial charge in [-0.1, -0.05) is 5.16 Å². The number of hydrogen-bond donors (Lipinski definition) is 1. The van der Waals surface area contributed by atoms with Crippen LogP contribution in [0.15, 0.2) is 23.4 Å². The van der Waals surface area contributed by atoms with Gasteiger partial charge < -0.3 is 9.94 Å². The fourth-order valence-electron chi connectivity index (χ4n) is 2.82. The van der Waals surface area contributed by atoms with Crippen molar-refractivity contribution in [1.29, 1.82) is 0 Å². The van der Waals surface area contributed by atoms with Crippen molar-refractivity contribution in [1.82, 2.24) is 0 Å². The van der Waals surface area contributed by atoms with Crippen LogP contribution in [0, 0.1) is 23.5 Å². The van der Waals surface area contributed by atoms with Crippen LogP contribution in [0.5, 0.6) is 0 Å². The first kappa shape index (κ1) is 15.4. The summed E-state index contributed by atoms with van der Waals surface area (Å²) < 4.78 is 31.4. The van der Waals surface area contributed by atoms with Crippen LogP contribution in [-0.4, -0.2) is 24.0 Å². The van der Waals surface area contributed by atoms with Gasteiger partial charge in [-0.25, -0.2) is 8.78 Å². The Balaban J connectivity index is 2.12. The van der Waals surface area contributed by atoms with Crippen LogP contribution in [0.3, 0.4) is 0 Å². The van der Waals surface area contributed by atoms with Gasteiger partial charge in [0.2, 0.25) is 0 Å². The zero-order chi connectivity index (χ0) is 15.4. The van der Waals surface area contributed by atoms with Crippen molar-refractivity contribution in [3.05, 3.63) is 35.4 Å². The SMILES string of the molecule is COC(=O)[C@H]1CC[C@H](/C(=N/O)c2ccc(F)cc2F)CC1. The summed E-state index contributed by atoms with van der Waals surface area (Å²) >= 11 is 0. The third-order valence-electron chi connectivity index (χ3n) is 3.96. The first-order valence-electron chi connectivity index (χ1n) is 6.82. The summed E-state index contributed by atoms with van der Waals surface area (Å²) in [6.45, 7) is 0. The predicted molar refractivity (Wildman–Crippen MR) is 72.1 cm³/mol. The number of oxime groups is 1. The molecule has 0 amide bonds. The van der Waals surface area contributed by atoms with Crippen LogP contribution in [0.25, 0.3) is 0 Å². The highest BCUT2D eigenvalue weighted by molar-refractivity contribution is 6.02. The van der Waals surface area contributed by atoms with E-state index < -0.39 is 11.6 Å². The molecule has 1 saturated carbocycles. The molecule has 0 unspecified atom stereocenters. The summed E-state index contributed by atoms with van der Waals surface area (Å²) in [6, 6.07) is 3.16. The second-order valence-electron chi connectivity index (χ2n) is 5.18. The van der Waals surface area contributed by atoms with Gasteiger partial charge >= 0.3 is 5.97 Å². The van der Waals surface area contributed by atoms with E-state index in [1.54, 1.807) is 0 Å². The van der Waals surface area contributed by atoms with E-state index in [4.69, 9.17) is 4.74 Å². The molecule has 1 aliphatic carbocycles. The van der Waals surface area contributed by atoms with Crippen molar-refractivity contribution in [3.8, 4) is 0 Å². The lowest BCUT2D eigenvalue weighted by atomic mass is 9.78. The molecular weight excluding hydrogens is 280 g/mol. The van der Waals surface area contributed by atoms with Gasteiger partial charge in [-0.15, -0.1) is 0 Å². The van der Waals surface area contributed by atoms with E-state index >= 15 is 0 Å². The smallest absolute Gasteiger partial charge is 0.308 e. The zero-order valence-electron chi connectivity index (χ0n) is 11.7. The number of hydrogen-bond acceptors (Lipinski definition) is 4. The molecule has 1 fully saturated rings. The van der Waals surface area contributed by atoms with Crippen molar-refractivity contribution < 1.29 is 23.5 Å². The van der Waals surface area contributed by atoms with Gasteiger partial charge in [0.25, 0.3) is 0 Å². The van der Waals surface area contributed by atoms with E-state index in [0.717, 1.165) is 12.1 Å². The Morgan fingerprint density at radius 3 is 2.38 bits per heavy atom. The Hall–Kier alpha value is -1.98. The van der Waals surface area contributed by atoms with Crippen LogP contribution in [0.4, 0.5) is 8.78 Å². The molecule has 0 bridgehead atoms. The van der Waals surface area contributed by atoms with Gasteiger partial charge in [0.05, 0.1) is 18.7 Å². The van der Waals surface area contributed by atoms with Crippen molar-refractivity contribution in [2.45, 2.75) is 25.7 Å². The Morgan fingerprint density at radius 1 is 1.24 bits per heavy atom. The van der Waals surface area contributed by atoms with E-state index in [1.165, 1.54) is 13.2 Å². The molecule has 0 radical (unpaired) electrons. The molecule has 1 N–H and O–H groups in total. The largest absolute Gasteiger partial charge is 0.469 e. The summed E-state index contributed by atoms with van der Waals surface area (Å²) in [7, 11) is 1.35. The van der Waals surface area contributed by atoms with Gasteiger partial charge in [-0.3, -0.25) is 4.79 Å². The average Bonchev–Trinajstić information content (AvgIpc) is 2.50. The fraction of sp³-hybridized carbons (Fsp3) is 0.467. The van der Waals surface area contributed by atoms with Crippen LogP contribution in [-0.2, 0) is 9.53 Å². The molecule has 0 aromatic heterocycles. The zero-order valence-corrected chi connectivity index (χ0v) is 11.7. The third kappa shape index (κ3) is 3.37. The highest BCUT2D eigenvalue weighted by Crippen LogP contribution is 2.32. The van der Waals surface area contributed by atoms with E-state index in [2.05, 4.69) is 5.16 Å². The lowest BCUT2D eigenvalue weighted by Crippen LogP contribution is -2.27. The molecular formula is C15H17F2NO3. The van der Waals surface area contributed by atoms with Gasteiger partial charge in [0, 0.05) is 17.5 Å². The number of methoxy groups -OCH3 is 1. The van der Waals surface area contributed by atoms with Crippen molar-refractivity contribution >= 4 is 11.7 Å². The number of carbonyl (C=O) groups excluding carboxylic acids is 1. The molecule has 1 aromatic rings. The maximum absolute atomic E-state index is 13.8. The Morgan fingerprint density at radius 2 is 1.86 bits per heavy atom. The summed E-state index contributed by atoms with van der Waals surface area (Å²) in [4.78, 5) is 11.5. The Kier molecular flexibility index (Phi) is 4.88. The van der Waals surface area contributed by atoms with Crippen molar-refractivity contribution in [2.24, 2.45) is 17.0 Å². The molecule has 6 heteroatoms. The fourth-order valence-corrected chi connectivity index (χ4v) is 2.82. The second-order valence-corrected chi connectivity index (χ2v) is 5.18. The molecule has 2 rings (SSSR count). The summed E-state index contributed by atoms with van der Waals surface area (Å²) in [6.07, 6.45) is 2.38. The molecule has 0 spiro atoms. The Bertz CT molecular complexity index is 552. The number of ether oxygens (including phenoxy) is 1. The first-order valence-corrected chi connectivity index (χ1v) is 6.82. The summed E-state index contributed by atoms with van der Waals surface area (Å²) in [5.41, 5.74) is 0.302. The van der Waals surface area contributed by atoms with Gasteiger partial charge in [0.15, 0.2) is 0 Å². The van der Waals surface area contributed by atoms with Crippen LogP contribution in [0.2, 0.25) is 0 Å². The molecule has 4 nitrogen and oxygen atoms in total. The average molecular weight is 297 g/mol. The molecule has 1 aromatic carbocycles. The number of nitrogens with zero attached hydrogens (tertiary/aromatic N) is 1. The van der Waals surface area contributed by atoms with E-state index in [9.17, 15) is 18.8 Å². The molecule has 1 aliphatic rings. The highest BCUT2D eigenvalue weighted by Gasteiger charge is 2.31. The molecule has 0 aliphatic heterocycles.